The summed E-state index contributed by atoms with van der Waals surface area (Å²) in [6.45, 7) is 7.74. The number of ether oxygens (including phenoxy) is 1. The molecule has 32 heavy (non-hydrogen) atoms. The Hall–Kier alpha value is -2.48. The van der Waals surface area contributed by atoms with Gasteiger partial charge in [0.1, 0.15) is 12.9 Å². The monoisotopic (exact) mass is 445 g/mol. The van der Waals surface area contributed by atoms with Crippen molar-refractivity contribution in [1.82, 2.24) is 9.78 Å². The molecular formula is C24H39N5O3. The van der Waals surface area contributed by atoms with Gasteiger partial charge in [-0.25, -0.2) is 4.68 Å². The van der Waals surface area contributed by atoms with E-state index in [1.54, 1.807) is 35.8 Å². The molecule has 0 saturated carbocycles. The highest BCUT2D eigenvalue weighted by atomic mass is 16.6. The number of allylic oxidation sites excluding steroid dienone is 1. The van der Waals surface area contributed by atoms with Crippen molar-refractivity contribution >= 4 is 17.7 Å². The number of hydrogen-bond acceptors (Lipinski definition) is 6. The van der Waals surface area contributed by atoms with E-state index >= 15 is 0 Å². The molecule has 8 nitrogen and oxygen atoms in total. The molecule has 1 aromatic heterocycles. The molecule has 2 heterocycles. The molecular weight excluding hydrogens is 406 g/mol. The van der Waals surface area contributed by atoms with Gasteiger partial charge in [0.25, 0.3) is 0 Å². The van der Waals surface area contributed by atoms with Crippen molar-refractivity contribution in [2.75, 3.05) is 11.5 Å². The van der Waals surface area contributed by atoms with E-state index in [4.69, 9.17) is 4.74 Å². The largest absolute Gasteiger partial charge is 0.359 e. The summed E-state index contributed by atoms with van der Waals surface area (Å²) in [6.07, 6.45) is 22.2. The zero-order valence-corrected chi connectivity index (χ0v) is 19.9. The van der Waals surface area contributed by atoms with Crippen LogP contribution in [0.1, 0.15) is 85.0 Å². The third-order valence-corrected chi connectivity index (χ3v) is 5.40. The molecule has 0 saturated heterocycles. The first-order chi connectivity index (χ1) is 15.4. The lowest BCUT2D eigenvalue weighted by atomic mass is 9.89. The lowest BCUT2D eigenvalue weighted by Crippen LogP contribution is -2.16. The van der Waals surface area contributed by atoms with Gasteiger partial charge in [0.15, 0.2) is 0 Å². The van der Waals surface area contributed by atoms with E-state index in [2.05, 4.69) is 30.9 Å². The van der Waals surface area contributed by atoms with Crippen molar-refractivity contribution in [3.63, 3.8) is 0 Å². The van der Waals surface area contributed by atoms with Crippen molar-refractivity contribution in [1.29, 1.82) is 0 Å². The summed E-state index contributed by atoms with van der Waals surface area (Å²) in [4.78, 5) is 16.6. The zero-order chi connectivity index (χ0) is 23.2. The summed E-state index contributed by atoms with van der Waals surface area (Å²) >= 11 is 0. The maximum absolute atomic E-state index is 11.4. The molecule has 0 amide bonds. The second-order valence-electron chi connectivity index (χ2n) is 9.49. The van der Waals surface area contributed by atoms with Gasteiger partial charge in [-0.2, -0.15) is 5.10 Å². The second-order valence-corrected chi connectivity index (χ2v) is 9.49. The summed E-state index contributed by atoms with van der Waals surface area (Å²) in [5.41, 5.74) is 0.398. The first-order valence-electron chi connectivity index (χ1n) is 11.8. The molecule has 0 atom stereocenters. The summed E-state index contributed by atoms with van der Waals surface area (Å²) < 4.78 is 7.26. The van der Waals surface area contributed by atoms with E-state index in [0.29, 0.717) is 17.8 Å². The molecule has 0 N–H and O–H groups in total. The van der Waals surface area contributed by atoms with Crippen LogP contribution in [0.2, 0.25) is 0 Å². The van der Waals surface area contributed by atoms with Gasteiger partial charge in [-0.05, 0) is 24.3 Å². The minimum Gasteiger partial charge on any atom is -0.359 e. The van der Waals surface area contributed by atoms with Gasteiger partial charge in [-0.3, -0.25) is 15.1 Å². The maximum Gasteiger partial charge on any atom is 0.331 e. The zero-order valence-electron chi connectivity index (χ0n) is 19.9. The van der Waals surface area contributed by atoms with Gasteiger partial charge in [-0.15, -0.1) is 0 Å². The van der Waals surface area contributed by atoms with Crippen LogP contribution in [0.15, 0.2) is 35.9 Å². The Labute approximate surface area is 192 Å². The molecule has 0 fully saturated rings. The quantitative estimate of drug-likeness (QED) is 0.173. The predicted molar refractivity (Wildman–Crippen MR) is 130 cm³/mol. The molecule has 2 rings (SSSR count). The van der Waals surface area contributed by atoms with E-state index in [1.165, 1.54) is 62.2 Å². The van der Waals surface area contributed by atoms with Gasteiger partial charge >= 0.3 is 5.69 Å². The minimum atomic E-state index is -0.434. The molecule has 0 unspecified atom stereocenters. The summed E-state index contributed by atoms with van der Waals surface area (Å²) in [5, 5.41) is 15.5. The second kappa shape index (κ2) is 13.8. The van der Waals surface area contributed by atoms with Crippen LogP contribution < -0.4 is 4.90 Å². The van der Waals surface area contributed by atoms with Crippen molar-refractivity contribution in [2.45, 2.75) is 91.7 Å². The van der Waals surface area contributed by atoms with E-state index in [9.17, 15) is 10.1 Å². The van der Waals surface area contributed by atoms with Crippen LogP contribution in [0.5, 0.6) is 0 Å². The van der Waals surface area contributed by atoms with E-state index in [1.807, 2.05) is 0 Å². The third kappa shape index (κ3) is 9.77. The fourth-order valence-electron chi connectivity index (χ4n) is 3.64. The summed E-state index contributed by atoms with van der Waals surface area (Å²) in [5.74, 6) is 0.357. The summed E-state index contributed by atoms with van der Waals surface area (Å²) in [7, 11) is 0. The number of anilines is 1. The molecule has 0 aliphatic carbocycles. The van der Waals surface area contributed by atoms with Crippen molar-refractivity contribution < 1.29 is 9.66 Å². The first kappa shape index (κ1) is 25.8. The highest BCUT2D eigenvalue weighted by Crippen LogP contribution is 2.29. The number of hydrogen-bond donors (Lipinski definition) is 0. The topological polar surface area (TPSA) is 85.8 Å². The van der Waals surface area contributed by atoms with E-state index in [0.717, 1.165) is 12.8 Å². The molecule has 1 aliphatic heterocycles. The van der Waals surface area contributed by atoms with Gasteiger partial charge in [0.2, 0.25) is 5.82 Å². The van der Waals surface area contributed by atoms with Crippen molar-refractivity contribution in [3.05, 3.63) is 41.0 Å². The molecule has 0 spiro atoms. The number of unbranched alkanes of at least 4 members (excludes halogenated alkanes) is 8. The fourth-order valence-corrected chi connectivity index (χ4v) is 3.64. The lowest BCUT2D eigenvalue weighted by Gasteiger charge is -2.17. The third-order valence-electron chi connectivity index (χ3n) is 5.40. The Morgan fingerprint density at radius 2 is 1.66 bits per heavy atom. The molecule has 8 heteroatoms. The Morgan fingerprint density at radius 3 is 2.31 bits per heavy atom. The van der Waals surface area contributed by atoms with Gasteiger partial charge in [-0.1, -0.05) is 72.1 Å². The number of nitro groups is 1. The molecule has 1 aliphatic rings. The van der Waals surface area contributed by atoms with Crippen molar-refractivity contribution in [2.24, 2.45) is 10.4 Å². The molecule has 178 valence electrons. The Morgan fingerprint density at radius 1 is 1.00 bits per heavy atom. The van der Waals surface area contributed by atoms with Crippen LogP contribution in [0, 0.1) is 15.5 Å². The standard InChI is InChI=1S/C24H39N5O3/c1-24(2,3)14-11-9-7-5-4-6-8-10-12-19-32-21-28-23(22(20-26-28)29(30)31)27-17-13-15-25-16-18-27/h13,15-18,20H,4-12,14,19,21H2,1-3H3. The van der Waals surface area contributed by atoms with E-state index < -0.39 is 4.92 Å². The minimum absolute atomic E-state index is 0.0665. The van der Waals surface area contributed by atoms with E-state index in [-0.39, 0.29) is 12.4 Å². The number of aromatic nitrogens is 2. The summed E-state index contributed by atoms with van der Waals surface area (Å²) in [6, 6.07) is 0. The average Bonchev–Trinajstić information content (AvgIpc) is 2.97. The van der Waals surface area contributed by atoms with Gasteiger partial charge in [0, 0.05) is 31.4 Å². The molecule has 1 aromatic rings. The first-order valence-corrected chi connectivity index (χ1v) is 11.8. The molecule has 0 aromatic carbocycles. The number of rotatable bonds is 15. The normalized spacial score (nSPS) is 13.7. The van der Waals surface area contributed by atoms with Crippen LogP contribution >= 0.6 is 0 Å². The Bertz CT molecular complexity index is 761. The van der Waals surface area contributed by atoms with Crippen LogP contribution in [-0.4, -0.2) is 27.5 Å². The van der Waals surface area contributed by atoms with Crippen LogP contribution in [0.25, 0.3) is 0 Å². The molecule has 0 radical (unpaired) electrons. The number of nitrogens with zero attached hydrogens (tertiary/aromatic N) is 5. The Balaban J connectivity index is 1.59. The van der Waals surface area contributed by atoms with Crippen molar-refractivity contribution in [3.8, 4) is 0 Å². The van der Waals surface area contributed by atoms with Crippen LogP contribution in [0.3, 0.4) is 0 Å². The Kier molecular flexibility index (Phi) is 11.1. The number of aliphatic imine (C=N–C) groups is 1. The maximum atomic E-state index is 11.4. The van der Waals surface area contributed by atoms with Gasteiger partial charge < -0.3 is 9.64 Å². The predicted octanol–water partition coefficient (Wildman–Crippen LogP) is 6.59. The average molecular weight is 446 g/mol. The fraction of sp³-hybridized carbons (Fsp3) is 0.667. The lowest BCUT2D eigenvalue weighted by molar-refractivity contribution is -0.384. The van der Waals surface area contributed by atoms with Crippen LogP contribution in [0.4, 0.5) is 11.5 Å². The van der Waals surface area contributed by atoms with Gasteiger partial charge in [0.05, 0.1) is 4.92 Å². The highest BCUT2D eigenvalue weighted by Gasteiger charge is 2.24. The van der Waals surface area contributed by atoms with Crippen LogP contribution in [-0.2, 0) is 11.5 Å². The smallest absolute Gasteiger partial charge is 0.331 e. The molecule has 0 bridgehead atoms. The highest BCUT2D eigenvalue weighted by molar-refractivity contribution is 5.74. The SMILES string of the molecule is CC(C)(C)CCCCCCCCCCCOCn1ncc([N+](=O)[O-])c1N1C=CC=NC=C1.